The van der Waals surface area contributed by atoms with Gasteiger partial charge in [0, 0.05) is 22.8 Å². The molecule has 2 heterocycles. The van der Waals surface area contributed by atoms with Crippen LogP contribution >= 0.6 is 23.8 Å². The van der Waals surface area contributed by atoms with Gasteiger partial charge in [-0.1, -0.05) is 60.8 Å². The number of thiocarbonyl (C=S) groups is 1. The molecule has 1 N–H and O–H groups in total. The van der Waals surface area contributed by atoms with E-state index in [0.717, 1.165) is 54.0 Å². The van der Waals surface area contributed by atoms with Crippen molar-refractivity contribution in [2.45, 2.75) is 39.2 Å². The fourth-order valence-electron chi connectivity index (χ4n) is 3.97. The Bertz CT molecular complexity index is 1160. The first-order chi connectivity index (χ1) is 16.0. The summed E-state index contributed by atoms with van der Waals surface area (Å²) in [5.41, 5.74) is 3.75. The summed E-state index contributed by atoms with van der Waals surface area (Å²) in [6, 6.07) is 15.1. The van der Waals surface area contributed by atoms with Gasteiger partial charge in [-0.15, -0.1) is 0 Å². The number of benzene rings is 2. The van der Waals surface area contributed by atoms with Gasteiger partial charge in [0.1, 0.15) is 5.75 Å². The van der Waals surface area contributed by atoms with Gasteiger partial charge >= 0.3 is 0 Å². The van der Waals surface area contributed by atoms with Gasteiger partial charge in [0.15, 0.2) is 5.11 Å². The molecule has 0 amide bonds. The molecule has 0 saturated carbocycles. The van der Waals surface area contributed by atoms with Gasteiger partial charge in [-0.3, -0.25) is 0 Å². The fraction of sp³-hybridized carbons (Fsp3) is 0.320. The molecule has 1 atom stereocenters. The lowest BCUT2D eigenvalue weighted by molar-refractivity contribution is 0.395. The minimum absolute atomic E-state index is 0.224. The molecule has 33 heavy (non-hydrogen) atoms. The molecule has 0 bridgehead atoms. The van der Waals surface area contributed by atoms with E-state index in [4.69, 9.17) is 38.1 Å². The van der Waals surface area contributed by atoms with E-state index in [1.54, 1.807) is 7.11 Å². The third-order valence-corrected chi connectivity index (χ3v) is 6.34. The van der Waals surface area contributed by atoms with Gasteiger partial charge in [0.05, 0.1) is 18.7 Å². The Kier molecular flexibility index (Phi) is 7.30. The maximum absolute atomic E-state index is 6.16. The molecule has 8 heteroatoms. The molecule has 1 aliphatic rings. The Morgan fingerprint density at radius 3 is 2.67 bits per heavy atom. The number of aromatic nitrogens is 2. The highest BCUT2D eigenvalue weighted by Crippen LogP contribution is 2.38. The molecule has 6 nitrogen and oxygen atoms in total. The van der Waals surface area contributed by atoms with Crippen LogP contribution in [0.4, 0.5) is 0 Å². The van der Waals surface area contributed by atoms with Crippen molar-refractivity contribution in [1.29, 1.82) is 0 Å². The van der Waals surface area contributed by atoms with Gasteiger partial charge in [0.2, 0.25) is 5.82 Å². The summed E-state index contributed by atoms with van der Waals surface area (Å²) >= 11 is 11.9. The highest BCUT2D eigenvalue weighted by atomic mass is 35.5. The number of methoxy groups -OCH3 is 1. The normalized spacial score (nSPS) is 16.2. The lowest BCUT2D eigenvalue weighted by atomic mass is 9.94. The lowest BCUT2D eigenvalue weighted by Gasteiger charge is -2.37. The van der Waals surface area contributed by atoms with Crippen molar-refractivity contribution in [3.8, 4) is 17.1 Å². The molecule has 1 aliphatic heterocycles. The summed E-state index contributed by atoms with van der Waals surface area (Å²) in [6.45, 7) is 5.09. The number of hydrogen-bond acceptors (Lipinski definition) is 5. The van der Waals surface area contributed by atoms with Crippen LogP contribution in [0.1, 0.15) is 50.6 Å². The minimum Gasteiger partial charge on any atom is -0.497 e. The lowest BCUT2D eigenvalue weighted by Crippen LogP contribution is -2.46. The van der Waals surface area contributed by atoms with Crippen LogP contribution in [0.5, 0.6) is 5.75 Å². The van der Waals surface area contributed by atoms with Crippen LogP contribution in [0.3, 0.4) is 0 Å². The second kappa shape index (κ2) is 10.4. The summed E-state index contributed by atoms with van der Waals surface area (Å²) in [7, 11) is 1.66. The summed E-state index contributed by atoms with van der Waals surface area (Å²) in [5, 5.41) is 9.05. The monoisotopic (exact) mass is 482 g/mol. The molecule has 3 aromatic rings. The van der Waals surface area contributed by atoms with Crippen LogP contribution in [0.2, 0.25) is 5.02 Å². The Morgan fingerprint density at radius 2 is 1.97 bits per heavy atom. The van der Waals surface area contributed by atoms with E-state index in [2.05, 4.69) is 29.2 Å². The zero-order valence-electron chi connectivity index (χ0n) is 19.0. The van der Waals surface area contributed by atoms with Gasteiger partial charge in [-0.25, -0.2) is 0 Å². The van der Waals surface area contributed by atoms with E-state index in [0.29, 0.717) is 21.9 Å². The van der Waals surface area contributed by atoms with Gasteiger partial charge in [0.25, 0.3) is 5.89 Å². The molecule has 1 aromatic heterocycles. The van der Waals surface area contributed by atoms with E-state index >= 15 is 0 Å². The van der Waals surface area contributed by atoms with Crippen molar-refractivity contribution in [2.24, 2.45) is 0 Å². The molecule has 0 aliphatic carbocycles. The van der Waals surface area contributed by atoms with Crippen LogP contribution in [-0.4, -0.2) is 33.8 Å². The van der Waals surface area contributed by atoms with Crippen molar-refractivity contribution >= 4 is 34.5 Å². The van der Waals surface area contributed by atoms with Crippen molar-refractivity contribution < 1.29 is 9.26 Å². The molecule has 0 radical (unpaired) electrons. The number of unbranched alkanes of at least 4 members (excludes halogenated alkanes) is 2. The standard InChI is InChI=1S/C25H27ClN4O2S/c1-4-5-6-14-30-16(2)21(22(27-25(30)33)17-10-12-20(31-3)13-11-17)24-28-23(29-32-24)18-8-7-9-19(26)15-18/h7-13,15,22H,4-6,14H2,1-3H3,(H,27,33). The van der Waals surface area contributed by atoms with Crippen LogP contribution < -0.4 is 10.1 Å². The maximum Gasteiger partial charge on any atom is 0.258 e. The predicted octanol–water partition coefficient (Wildman–Crippen LogP) is 6.25. The smallest absolute Gasteiger partial charge is 0.258 e. The van der Waals surface area contributed by atoms with Gasteiger partial charge < -0.3 is 19.5 Å². The number of ether oxygens (including phenoxy) is 1. The summed E-state index contributed by atoms with van der Waals surface area (Å²) in [5.74, 6) is 1.74. The first-order valence-corrected chi connectivity index (χ1v) is 11.8. The van der Waals surface area contributed by atoms with E-state index in [1.165, 1.54) is 0 Å². The van der Waals surface area contributed by atoms with Crippen molar-refractivity contribution in [3.05, 3.63) is 70.7 Å². The number of allylic oxidation sites excluding steroid dienone is 1. The number of nitrogens with one attached hydrogen (secondary N) is 1. The molecule has 0 spiro atoms. The highest BCUT2D eigenvalue weighted by Gasteiger charge is 2.33. The molecule has 4 rings (SSSR count). The van der Waals surface area contributed by atoms with Crippen LogP contribution in [-0.2, 0) is 0 Å². The minimum atomic E-state index is -0.224. The van der Waals surface area contributed by atoms with E-state index in [1.807, 2.05) is 48.5 Å². The molecule has 0 fully saturated rings. The molecule has 1 unspecified atom stereocenters. The number of nitrogens with zero attached hydrogens (tertiary/aromatic N) is 3. The SMILES string of the molecule is CCCCCN1C(=S)NC(c2ccc(OC)cc2)C(c2nc(-c3cccc(Cl)c3)no2)=C1C. The number of rotatable bonds is 8. The number of halogens is 1. The first kappa shape index (κ1) is 23.3. The van der Waals surface area contributed by atoms with Crippen LogP contribution in [0.25, 0.3) is 17.0 Å². The molecular weight excluding hydrogens is 456 g/mol. The second-order valence-electron chi connectivity index (χ2n) is 7.95. The quantitative estimate of drug-likeness (QED) is 0.300. The molecule has 0 saturated heterocycles. The first-order valence-electron chi connectivity index (χ1n) is 11.0. The Hall–Kier alpha value is -2.90. The Balaban J connectivity index is 1.76. The Labute approximate surface area is 204 Å². The van der Waals surface area contributed by atoms with E-state index in [9.17, 15) is 0 Å². The second-order valence-corrected chi connectivity index (χ2v) is 8.77. The topological polar surface area (TPSA) is 63.4 Å². The zero-order chi connectivity index (χ0) is 23.4. The summed E-state index contributed by atoms with van der Waals surface area (Å²) in [4.78, 5) is 6.86. The largest absolute Gasteiger partial charge is 0.497 e. The average molecular weight is 483 g/mol. The third kappa shape index (κ3) is 5.04. The fourth-order valence-corrected chi connectivity index (χ4v) is 4.51. The van der Waals surface area contributed by atoms with Crippen molar-refractivity contribution in [3.63, 3.8) is 0 Å². The van der Waals surface area contributed by atoms with Gasteiger partial charge in [-0.05, 0) is 55.4 Å². The summed E-state index contributed by atoms with van der Waals surface area (Å²) < 4.78 is 11.1. The zero-order valence-corrected chi connectivity index (χ0v) is 20.5. The van der Waals surface area contributed by atoms with E-state index in [-0.39, 0.29) is 6.04 Å². The summed E-state index contributed by atoms with van der Waals surface area (Å²) in [6.07, 6.45) is 3.33. The predicted molar refractivity (Wildman–Crippen MR) is 135 cm³/mol. The number of hydrogen-bond donors (Lipinski definition) is 1. The van der Waals surface area contributed by atoms with Gasteiger partial charge in [-0.2, -0.15) is 4.98 Å². The van der Waals surface area contributed by atoms with E-state index < -0.39 is 0 Å². The third-order valence-electron chi connectivity index (χ3n) is 5.77. The molecular formula is C25H27ClN4O2S. The van der Waals surface area contributed by atoms with Crippen LogP contribution in [0, 0.1) is 0 Å². The highest BCUT2D eigenvalue weighted by molar-refractivity contribution is 7.80. The van der Waals surface area contributed by atoms with Crippen molar-refractivity contribution in [2.75, 3.05) is 13.7 Å². The Morgan fingerprint density at radius 1 is 1.18 bits per heavy atom. The van der Waals surface area contributed by atoms with Crippen molar-refractivity contribution in [1.82, 2.24) is 20.4 Å². The van der Waals surface area contributed by atoms with Crippen LogP contribution in [0.15, 0.2) is 58.8 Å². The molecule has 172 valence electrons. The maximum atomic E-state index is 6.16. The molecule has 2 aromatic carbocycles. The average Bonchev–Trinajstić information content (AvgIpc) is 3.31.